The van der Waals surface area contributed by atoms with Crippen LogP contribution in [0.5, 0.6) is 0 Å². The van der Waals surface area contributed by atoms with Crippen LogP contribution in [0.3, 0.4) is 0 Å². The fraction of sp³-hybridized carbons (Fsp3) is 0.556. The van der Waals surface area contributed by atoms with Crippen molar-refractivity contribution < 1.29 is 14.6 Å². The minimum atomic E-state index is -0.973. The number of nitrogens with zero attached hydrogens (tertiary/aromatic N) is 2. The van der Waals surface area contributed by atoms with Gasteiger partial charge in [0.05, 0.1) is 0 Å². The second-order valence-corrected chi connectivity index (χ2v) is 4.59. The molecule has 0 amide bonds. The van der Waals surface area contributed by atoms with Gasteiger partial charge in [-0.3, -0.25) is 0 Å². The standard InChI is InChI=1S/C9H12BrN3O3/c1-13-2-6(10)12-8(13)9(4-11-5-9)16-3-7(14)15/h2,11H,3-5H2,1H3,(H,14,15). The monoisotopic (exact) mass is 289 g/mol. The van der Waals surface area contributed by atoms with E-state index < -0.39 is 11.6 Å². The number of carboxylic acids is 1. The normalized spacial score (nSPS) is 18.1. The van der Waals surface area contributed by atoms with Crippen molar-refractivity contribution in [2.45, 2.75) is 5.60 Å². The van der Waals surface area contributed by atoms with Gasteiger partial charge in [0, 0.05) is 26.3 Å². The van der Waals surface area contributed by atoms with Gasteiger partial charge >= 0.3 is 5.97 Å². The molecule has 0 radical (unpaired) electrons. The summed E-state index contributed by atoms with van der Waals surface area (Å²) in [7, 11) is 1.86. The van der Waals surface area contributed by atoms with Gasteiger partial charge in [-0.25, -0.2) is 9.78 Å². The van der Waals surface area contributed by atoms with Crippen molar-refractivity contribution in [3.63, 3.8) is 0 Å². The van der Waals surface area contributed by atoms with Crippen LogP contribution >= 0.6 is 15.9 Å². The maximum Gasteiger partial charge on any atom is 0.329 e. The lowest BCUT2D eigenvalue weighted by atomic mass is 9.95. The minimum absolute atomic E-state index is 0.313. The summed E-state index contributed by atoms with van der Waals surface area (Å²) in [6.45, 7) is 0.849. The van der Waals surface area contributed by atoms with Crippen LogP contribution in [0.1, 0.15) is 5.82 Å². The fourth-order valence-electron chi connectivity index (χ4n) is 1.73. The van der Waals surface area contributed by atoms with E-state index in [1.54, 1.807) is 0 Å². The lowest BCUT2D eigenvalue weighted by Gasteiger charge is -2.40. The van der Waals surface area contributed by atoms with E-state index in [1.165, 1.54) is 0 Å². The highest BCUT2D eigenvalue weighted by Crippen LogP contribution is 2.29. The van der Waals surface area contributed by atoms with Gasteiger partial charge in [0.25, 0.3) is 0 Å². The van der Waals surface area contributed by atoms with Gasteiger partial charge in [0.1, 0.15) is 17.0 Å². The van der Waals surface area contributed by atoms with Crippen molar-refractivity contribution in [3.8, 4) is 0 Å². The summed E-state index contributed by atoms with van der Waals surface area (Å²) >= 11 is 3.28. The third-order valence-corrected chi connectivity index (χ3v) is 2.93. The molecule has 0 saturated carbocycles. The maximum absolute atomic E-state index is 10.5. The van der Waals surface area contributed by atoms with E-state index in [4.69, 9.17) is 9.84 Å². The van der Waals surface area contributed by atoms with E-state index in [-0.39, 0.29) is 6.61 Å². The van der Waals surface area contributed by atoms with Crippen LogP contribution in [0, 0.1) is 0 Å². The molecule has 1 aliphatic rings. The number of aromatic nitrogens is 2. The highest BCUT2D eigenvalue weighted by molar-refractivity contribution is 9.10. The summed E-state index contributed by atoms with van der Waals surface area (Å²) in [5, 5.41) is 11.7. The van der Waals surface area contributed by atoms with Crippen molar-refractivity contribution >= 4 is 21.9 Å². The zero-order chi connectivity index (χ0) is 11.8. The van der Waals surface area contributed by atoms with Gasteiger partial charge in [-0.15, -0.1) is 0 Å². The van der Waals surface area contributed by atoms with Gasteiger partial charge in [0.15, 0.2) is 5.60 Å². The Hall–Kier alpha value is -0.920. The number of ether oxygens (including phenoxy) is 1. The zero-order valence-electron chi connectivity index (χ0n) is 8.73. The van der Waals surface area contributed by atoms with Crippen LogP contribution in [0.2, 0.25) is 0 Å². The average molecular weight is 290 g/mol. The molecule has 2 heterocycles. The van der Waals surface area contributed by atoms with Crippen LogP contribution in [0.25, 0.3) is 0 Å². The van der Waals surface area contributed by atoms with Gasteiger partial charge in [-0.1, -0.05) is 0 Å². The topological polar surface area (TPSA) is 76.4 Å². The third kappa shape index (κ3) is 1.98. The molecule has 1 fully saturated rings. The Morgan fingerprint density at radius 3 is 2.88 bits per heavy atom. The largest absolute Gasteiger partial charge is 0.480 e. The number of carboxylic acid groups (broad SMARTS) is 1. The molecular formula is C9H12BrN3O3. The van der Waals surface area contributed by atoms with Crippen molar-refractivity contribution in [2.75, 3.05) is 19.7 Å². The van der Waals surface area contributed by atoms with E-state index in [2.05, 4.69) is 26.2 Å². The first-order valence-electron chi connectivity index (χ1n) is 4.79. The number of nitrogens with one attached hydrogen (secondary N) is 1. The van der Waals surface area contributed by atoms with Gasteiger partial charge in [-0.2, -0.15) is 0 Å². The number of aliphatic carboxylic acids is 1. The molecule has 0 unspecified atom stereocenters. The lowest BCUT2D eigenvalue weighted by molar-refractivity contribution is -0.156. The van der Waals surface area contributed by atoms with Gasteiger partial charge in [0.2, 0.25) is 0 Å². The Bertz CT molecular complexity index is 414. The van der Waals surface area contributed by atoms with Crippen molar-refractivity contribution in [3.05, 3.63) is 16.6 Å². The predicted molar refractivity (Wildman–Crippen MR) is 59.0 cm³/mol. The highest BCUT2D eigenvalue weighted by Gasteiger charge is 2.44. The molecule has 1 aliphatic heterocycles. The first kappa shape index (κ1) is 11.6. The second kappa shape index (κ2) is 4.15. The molecule has 0 aliphatic carbocycles. The highest BCUT2D eigenvalue weighted by atomic mass is 79.9. The molecule has 0 atom stereocenters. The first-order valence-corrected chi connectivity index (χ1v) is 5.59. The fourth-order valence-corrected chi connectivity index (χ4v) is 2.20. The first-order chi connectivity index (χ1) is 7.53. The van der Waals surface area contributed by atoms with Gasteiger partial charge < -0.3 is 19.7 Å². The Balaban J connectivity index is 2.21. The summed E-state index contributed by atoms with van der Waals surface area (Å²) in [5.74, 6) is -0.237. The number of hydrogen-bond acceptors (Lipinski definition) is 4. The van der Waals surface area contributed by atoms with Crippen LogP contribution in [-0.2, 0) is 22.2 Å². The average Bonchev–Trinajstić information content (AvgIpc) is 2.44. The van der Waals surface area contributed by atoms with E-state index in [9.17, 15) is 4.79 Å². The number of carbonyl (C=O) groups is 1. The van der Waals surface area contributed by atoms with E-state index in [1.807, 2.05) is 17.8 Å². The van der Waals surface area contributed by atoms with E-state index in [0.717, 1.165) is 10.4 Å². The molecule has 7 heteroatoms. The lowest BCUT2D eigenvalue weighted by Crippen LogP contribution is -2.60. The maximum atomic E-state index is 10.5. The summed E-state index contributed by atoms with van der Waals surface area (Å²) in [4.78, 5) is 14.8. The molecule has 1 aromatic heterocycles. The Morgan fingerprint density at radius 2 is 2.50 bits per heavy atom. The number of rotatable bonds is 4. The molecule has 88 valence electrons. The molecule has 2 rings (SSSR count). The molecule has 2 N–H and O–H groups in total. The summed E-state index contributed by atoms with van der Waals surface area (Å²) in [6, 6.07) is 0. The summed E-state index contributed by atoms with van der Waals surface area (Å²) in [5.41, 5.74) is -0.612. The molecule has 16 heavy (non-hydrogen) atoms. The number of imidazole rings is 1. The molecule has 6 nitrogen and oxygen atoms in total. The molecule has 1 aromatic rings. The van der Waals surface area contributed by atoms with E-state index in [0.29, 0.717) is 13.1 Å². The van der Waals surface area contributed by atoms with Gasteiger partial charge in [-0.05, 0) is 15.9 Å². The van der Waals surface area contributed by atoms with Crippen LogP contribution < -0.4 is 5.32 Å². The van der Waals surface area contributed by atoms with E-state index >= 15 is 0 Å². The van der Waals surface area contributed by atoms with Crippen LogP contribution in [-0.4, -0.2) is 40.3 Å². The van der Waals surface area contributed by atoms with Crippen molar-refractivity contribution in [1.29, 1.82) is 0 Å². The van der Waals surface area contributed by atoms with Crippen molar-refractivity contribution in [1.82, 2.24) is 14.9 Å². The molecule has 1 saturated heterocycles. The number of halogens is 1. The van der Waals surface area contributed by atoms with Crippen LogP contribution in [0.4, 0.5) is 0 Å². The molecule has 0 bridgehead atoms. The molecular weight excluding hydrogens is 278 g/mol. The number of aryl methyl sites for hydroxylation is 1. The Morgan fingerprint density at radius 1 is 1.81 bits per heavy atom. The predicted octanol–water partition coefficient (Wildman–Crippen LogP) is 0.0823. The second-order valence-electron chi connectivity index (χ2n) is 3.78. The Kier molecular flexibility index (Phi) is 3.00. The number of hydrogen-bond donors (Lipinski definition) is 2. The molecule has 0 aromatic carbocycles. The zero-order valence-corrected chi connectivity index (χ0v) is 10.3. The Labute approximate surface area is 101 Å². The third-order valence-electron chi connectivity index (χ3n) is 2.55. The van der Waals surface area contributed by atoms with Crippen molar-refractivity contribution in [2.24, 2.45) is 7.05 Å². The SMILES string of the molecule is Cn1cc(Br)nc1C1(OCC(=O)O)CNC1. The smallest absolute Gasteiger partial charge is 0.329 e. The minimum Gasteiger partial charge on any atom is -0.480 e. The quantitative estimate of drug-likeness (QED) is 0.821. The molecule has 0 spiro atoms. The van der Waals surface area contributed by atoms with Crippen LogP contribution in [0.15, 0.2) is 10.8 Å². The summed E-state index contributed by atoms with van der Waals surface area (Å²) < 4.78 is 8.00. The summed E-state index contributed by atoms with van der Waals surface area (Å²) in [6.07, 6.45) is 1.82.